The highest BCUT2D eigenvalue weighted by Crippen LogP contribution is 2.33. The molecule has 1 heterocycles. The highest BCUT2D eigenvalue weighted by atomic mass is 16.6. The first-order valence-electron chi connectivity index (χ1n) is 7.87. The van der Waals surface area contributed by atoms with Crippen LogP contribution in [0, 0.1) is 0 Å². The number of hydrogen-bond acceptors (Lipinski definition) is 4. The molecule has 1 unspecified atom stereocenters. The average molecular weight is 325 g/mol. The van der Waals surface area contributed by atoms with Crippen LogP contribution in [0.25, 0.3) is 0 Å². The first-order valence-corrected chi connectivity index (χ1v) is 7.87. The monoisotopic (exact) mass is 325 g/mol. The molecule has 0 N–H and O–H groups in total. The zero-order chi connectivity index (χ0) is 16.9. The number of anilines is 1. The number of fused-ring (bicyclic) bond motifs is 1. The second-order valence-corrected chi connectivity index (χ2v) is 5.59. The van der Waals surface area contributed by atoms with E-state index in [1.807, 2.05) is 48.5 Å². The summed E-state index contributed by atoms with van der Waals surface area (Å²) in [6.07, 6.45) is 0.222. The minimum Gasteiger partial charge on any atom is -0.475 e. The Hall–Kier alpha value is -2.82. The van der Waals surface area contributed by atoms with E-state index in [-0.39, 0.29) is 12.5 Å². The summed E-state index contributed by atoms with van der Waals surface area (Å²) in [5.41, 5.74) is 1.80. The van der Waals surface area contributed by atoms with Gasteiger partial charge < -0.3 is 14.4 Å². The van der Waals surface area contributed by atoms with Gasteiger partial charge >= 0.3 is 5.97 Å². The van der Waals surface area contributed by atoms with Crippen molar-refractivity contribution in [1.82, 2.24) is 0 Å². The summed E-state index contributed by atoms with van der Waals surface area (Å²) in [7, 11) is 1.31. The molecule has 0 bridgehead atoms. The Morgan fingerprint density at radius 2 is 1.83 bits per heavy atom. The van der Waals surface area contributed by atoms with Gasteiger partial charge in [-0.1, -0.05) is 42.5 Å². The van der Waals surface area contributed by atoms with Crippen LogP contribution in [-0.2, 0) is 20.7 Å². The van der Waals surface area contributed by atoms with E-state index < -0.39 is 12.1 Å². The predicted octanol–water partition coefficient (Wildman–Crippen LogP) is 2.59. The average Bonchev–Trinajstić information content (AvgIpc) is 2.65. The lowest BCUT2D eigenvalue weighted by atomic mass is 10.1. The fourth-order valence-electron chi connectivity index (χ4n) is 2.76. The van der Waals surface area contributed by atoms with Gasteiger partial charge in [0, 0.05) is 6.42 Å². The molecule has 1 aliphatic heterocycles. The molecule has 1 amide bonds. The van der Waals surface area contributed by atoms with E-state index in [0.29, 0.717) is 24.3 Å². The Morgan fingerprint density at radius 1 is 1.12 bits per heavy atom. The largest absolute Gasteiger partial charge is 0.475 e. The second kappa shape index (κ2) is 7.17. The molecule has 124 valence electrons. The third-order valence-corrected chi connectivity index (χ3v) is 4.01. The highest BCUT2D eigenvalue weighted by Gasteiger charge is 2.34. The third kappa shape index (κ3) is 3.40. The van der Waals surface area contributed by atoms with Crippen LogP contribution in [0.2, 0.25) is 0 Å². The molecule has 3 rings (SSSR count). The molecule has 1 atom stereocenters. The molecule has 0 radical (unpaired) electrons. The van der Waals surface area contributed by atoms with Gasteiger partial charge in [-0.05, 0) is 24.1 Å². The number of esters is 1. The number of amides is 1. The molecular formula is C19H19NO4. The number of ether oxygens (including phenoxy) is 2. The molecular weight excluding hydrogens is 306 g/mol. The maximum atomic E-state index is 12.7. The van der Waals surface area contributed by atoms with Crippen LogP contribution in [0.15, 0.2) is 54.6 Å². The fraction of sp³-hybridized carbons (Fsp3) is 0.263. The van der Waals surface area contributed by atoms with Gasteiger partial charge in [0.05, 0.1) is 19.3 Å². The van der Waals surface area contributed by atoms with Gasteiger partial charge in [0.25, 0.3) is 0 Å². The Morgan fingerprint density at radius 3 is 2.58 bits per heavy atom. The Kier molecular flexibility index (Phi) is 4.79. The van der Waals surface area contributed by atoms with Crippen molar-refractivity contribution in [2.24, 2.45) is 0 Å². The Labute approximate surface area is 140 Å². The topological polar surface area (TPSA) is 55.8 Å². The van der Waals surface area contributed by atoms with E-state index in [1.165, 1.54) is 7.11 Å². The number of para-hydroxylation sites is 2. The van der Waals surface area contributed by atoms with Gasteiger partial charge in [0.15, 0.2) is 0 Å². The van der Waals surface area contributed by atoms with E-state index in [1.54, 1.807) is 11.0 Å². The van der Waals surface area contributed by atoms with E-state index >= 15 is 0 Å². The number of carbonyl (C=O) groups is 2. The minimum absolute atomic E-state index is 0.0384. The lowest BCUT2D eigenvalue weighted by molar-refractivity contribution is -0.148. The van der Waals surface area contributed by atoms with Gasteiger partial charge in [-0.2, -0.15) is 0 Å². The van der Waals surface area contributed by atoms with Crippen molar-refractivity contribution in [3.05, 3.63) is 60.2 Å². The van der Waals surface area contributed by atoms with E-state index in [2.05, 4.69) is 0 Å². The molecule has 5 nitrogen and oxygen atoms in total. The van der Waals surface area contributed by atoms with Crippen LogP contribution < -0.4 is 9.64 Å². The first-order chi connectivity index (χ1) is 11.7. The molecule has 0 saturated carbocycles. The summed E-state index contributed by atoms with van der Waals surface area (Å²) in [5.74, 6) is 0.001000. The van der Waals surface area contributed by atoms with Gasteiger partial charge in [0.2, 0.25) is 12.0 Å². The molecule has 0 aliphatic carbocycles. The zero-order valence-corrected chi connectivity index (χ0v) is 13.5. The Bertz CT molecular complexity index is 729. The summed E-state index contributed by atoms with van der Waals surface area (Å²) < 4.78 is 10.4. The van der Waals surface area contributed by atoms with E-state index in [4.69, 9.17) is 9.47 Å². The molecule has 2 aromatic rings. The molecule has 24 heavy (non-hydrogen) atoms. The van der Waals surface area contributed by atoms with Crippen molar-refractivity contribution in [2.75, 3.05) is 18.6 Å². The summed E-state index contributed by atoms with van der Waals surface area (Å²) in [4.78, 5) is 26.2. The van der Waals surface area contributed by atoms with E-state index in [9.17, 15) is 9.59 Å². The minimum atomic E-state index is -0.800. The fourth-order valence-corrected chi connectivity index (χ4v) is 2.76. The quantitative estimate of drug-likeness (QED) is 0.811. The van der Waals surface area contributed by atoms with Crippen LogP contribution in [-0.4, -0.2) is 31.6 Å². The molecule has 2 aromatic carbocycles. The molecule has 0 saturated heterocycles. The van der Waals surface area contributed by atoms with Crippen LogP contribution in [0.5, 0.6) is 5.75 Å². The maximum Gasteiger partial charge on any atom is 0.348 e. The van der Waals surface area contributed by atoms with Crippen LogP contribution in [0.1, 0.15) is 12.0 Å². The number of carbonyl (C=O) groups excluding carboxylic acids is 2. The number of aryl methyl sites for hydroxylation is 1. The van der Waals surface area contributed by atoms with Crippen molar-refractivity contribution >= 4 is 17.6 Å². The number of hydrogen-bond donors (Lipinski definition) is 0. The zero-order valence-electron chi connectivity index (χ0n) is 13.5. The molecule has 5 heteroatoms. The molecule has 0 fully saturated rings. The molecule has 0 aromatic heterocycles. The predicted molar refractivity (Wildman–Crippen MR) is 90.0 cm³/mol. The lowest BCUT2D eigenvalue weighted by Gasteiger charge is -2.33. The third-order valence-electron chi connectivity index (χ3n) is 4.01. The smallest absolute Gasteiger partial charge is 0.348 e. The second-order valence-electron chi connectivity index (χ2n) is 5.59. The summed E-state index contributed by atoms with van der Waals surface area (Å²) in [5, 5.41) is 0. The lowest BCUT2D eigenvalue weighted by Crippen LogP contribution is -2.47. The van der Waals surface area contributed by atoms with Crippen molar-refractivity contribution < 1.29 is 19.1 Å². The number of rotatable bonds is 4. The number of nitrogens with zero attached hydrogens (tertiary/aromatic N) is 1. The SMILES string of the molecule is COC(=O)C1CN(C(=O)CCc2ccccc2)c2ccccc2O1. The van der Waals surface area contributed by atoms with Crippen molar-refractivity contribution in [3.63, 3.8) is 0 Å². The van der Waals surface area contributed by atoms with Crippen molar-refractivity contribution in [3.8, 4) is 5.75 Å². The van der Waals surface area contributed by atoms with Gasteiger partial charge in [-0.15, -0.1) is 0 Å². The summed E-state index contributed by atoms with van der Waals surface area (Å²) in [6, 6.07) is 17.1. The summed E-state index contributed by atoms with van der Waals surface area (Å²) >= 11 is 0. The number of benzene rings is 2. The van der Waals surface area contributed by atoms with Crippen LogP contribution >= 0.6 is 0 Å². The maximum absolute atomic E-state index is 12.7. The van der Waals surface area contributed by atoms with Gasteiger partial charge in [0.1, 0.15) is 5.75 Å². The first kappa shape index (κ1) is 16.1. The summed E-state index contributed by atoms with van der Waals surface area (Å²) in [6.45, 7) is 0.164. The molecule has 0 spiro atoms. The van der Waals surface area contributed by atoms with Crippen LogP contribution in [0.3, 0.4) is 0 Å². The van der Waals surface area contributed by atoms with Crippen molar-refractivity contribution in [1.29, 1.82) is 0 Å². The van der Waals surface area contributed by atoms with Crippen molar-refractivity contribution in [2.45, 2.75) is 18.9 Å². The van der Waals surface area contributed by atoms with E-state index in [0.717, 1.165) is 5.56 Å². The standard InChI is InChI=1S/C19H19NO4/c1-23-19(22)17-13-20(15-9-5-6-10-16(15)24-17)18(21)12-11-14-7-3-2-4-8-14/h2-10,17H,11-13H2,1H3. The Balaban J connectivity index is 1.77. The normalized spacial score (nSPS) is 16.0. The van der Waals surface area contributed by atoms with Crippen LogP contribution in [0.4, 0.5) is 5.69 Å². The molecule has 1 aliphatic rings. The number of methoxy groups -OCH3 is 1. The highest BCUT2D eigenvalue weighted by molar-refractivity contribution is 5.96. The van der Waals surface area contributed by atoms with Gasteiger partial charge in [-0.25, -0.2) is 4.79 Å². The van der Waals surface area contributed by atoms with Gasteiger partial charge in [-0.3, -0.25) is 4.79 Å².